The first-order chi connectivity index (χ1) is 9.11. The first kappa shape index (κ1) is 12.4. The SMILES string of the molecule is O=C1OC[C@@H]2[C@@H](O)[C@H](O)[C@@H](O)[C@H](c3ccccc3)N12. The average molecular weight is 265 g/mol. The van der Waals surface area contributed by atoms with Crippen molar-refractivity contribution in [3.63, 3.8) is 0 Å². The van der Waals surface area contributed by atoms with Gasteiger partial charge < -0.3 is 20.1 Å². The molecule has 1 aromatic carbocycles. The molecule has 19 heavy (non-hydrogen) atoms. The Morgan fingerprint density at radius 3 is 2.42 bits per heavy atom. The number of hydrogen-bond donors (Lipinski definition) is 3. The Kier molecular flexibility index (Phi) is 2.93. The maximum absolute atomic E-state index is 11.8. The van der Waals surface area contributed by atoms with Crippen molar-refractivity contribution in [1.29, 1.82) is 0 Å². The number of benzene rings is 1. The molecule has 3 rings (SSSR count). The van der Waals surface area contributed by atoms with Crippen LogP contribution in [0.4, 0.5) is 4.79 Å². The Morgan fingerprint density at radius 2 is 1.74 bits per heavy atom. The molecule has 5 atom stereocenters. The number of nitrogens with zero attached hydrogens (tertiary/aromatic N) is 1. The van der Waals surface area contributed by atoms with Crippen LogP contribution in [0.15, 0.2) is 30.3 Å². The van der Waals surface area contributed by atoms with Gasteiger partial charge in [0.05, 0.1) is 12.1 Å². The second-order valence-electron chi connectivity index (χ2n) is 4.88. The summed E-state index contributed by atoms with van der Waals surface area (Å²) in [6, 6.07) is 7.59. The van der Waals surface area contributed by atoms with Gasteiger partial charge in [-0.2, -0.15) is 0 Å². The van der Waals surface area contributed by atoms with Crippen LogP contribution in [0.2, 0.25) is 0 Å². The van der Waals surface area contributed by atoms with Gasteiger partial charge in [-0.3, -0.25) is 4.90 Å². The third-order valence-electron chi connectivity index (χ3n) is 3.80. The number of carbonyl (C=O) groups is 1. The van der Waals surface area contributed by atoms with Gasteiger partial charge in [-0.25, -0.2) is 4.79 Å². The molecule has 0 radical (unpaired) electrons. The number of carbonyl (C=O) groups excluding carboxylic acids is 1. The molecule has 3 N–H and O–H groups in total. The van der Waals surface area contributed by atoms with Gasteiger partial charge in [-0.15, -0.1) is 0 Å². The van der Waals surface area contributed by atoms with Gasteiger partial charge in [-0.05, 0) is 5.56 Å². The lowest BCUT2D eigenvalue weighted by atomic mass is 9.85. The number of piperidine rings is 1. The van der Waals surface area contributed by atoms with Crippen LogP contribution < -0.4 is 0 Å². The van der Waals surface area contributed by atoms with E-state index in [2.05, 4.69) is 0 Å². The van der Waals surface area contributed by atoms with Gasteiger partial charge in [0.25, 0.3) is 0 Å². The first-order valence-corrected chi connectivity index (χ1v) is 6.15. The third kappa shape index (κ3) is 1.80. The zero-order valence-electron chi connectivity index (χ0n) is 10.1. The van der Waals surface area contributed by atoms with Crippen molar-refractivity contribution in [2.75, 3.05) is 6.61 Å². The van der Waals surface area contributed by atoms with Crippen molar-refractivity contribution in [2.45, 2.75) is 30.4 Å². The third-order valence-corrected chi connectivity index (χ3v) is 3.80. The molecule has 2 fully saturated rings. The highest BCUT2D eigenvalue weighted by atomic mass is 16.6. The Morgan fingerprint density at radius 1 is 1.05 bits per heavy atom. The fourth-order valence-electron chi connectivity index (χ4n) is 2.82. The van der Waals surface area contributed by atoms with E-state index in [0.29, 0.717) is 5.56 Å². The normalized spacial score (nSPS) is 37.9. The molecule has 2 aliphatic rings. The smallest absolute Gasteiger partial charge is 0.410 e. The summed E-state index contributed by atoms with van der Waals surface area (Å²) in [7, 11) is 0. The summed E-state index contributed by atoms with van der Waals surface area (Å²) in [5.74, 6) is 0. The molecule has 0 bridgehead atoms. The summed E-state index contributed by atoms with van der Waals surface area (Å²) >= 11 is 0. The fraction of sp³-hybridized carbons (Fsp3) is 0.462. The Labute approximate surface area is 109 Å². The summed E-state index contributed by atoms with van der Waals surface area (Å²) in [6.07, 6.45) is -4.34. The highest BCUT2D eigenvalue weighted by molar-refractivity contribution is 5.71. The van der Waals surface area contributed by atoms with Crippen molar-refractivity contribution < 1.29 is 24.9 Å². The van der Waals surface area contributed by atoms with E-state index in [0.717, 1.165) is 0 Å². The summed E-state index contributed by atoms with van der Waals surface area (Å²) in [5.41, 5.74) is 0.699. The maximum atomic E-state index is 11.8. The van der Waals surface area contributed by atoms with Gasteiger partial charge in [-0.1, -0.05) is 30.3 Å². The number of amides is 1. The first-order valence-electron chi connectivity index (χ1n) is 6.15. The molecule has 0 aliphatic carbocycles. The largest absolute Gasteiger partial charge is 0.447 e. The minimum Gasteiger partial charge on any atom is -0.447 e. The summed E-state index contributed by atoms with van der Waals surface area (Å²) in [4.78, 5) is 13.1. The van der Waals surface area contributed by atoms with Crippen molar-refractivity contribution >= 4 is 6.09 Å². The molecule has 2 aliphatic heterocycles. The van der Waals surface area contributed by atoms with E-state index in [-0.39, 0.29) is 6.61 Å². The van der Waals surface area contributed by atoms with Crippen molar-refractivity contribution in [3.8, 4) is 0 Å². The summed E-state index contributed by atoms with van der Waals surface area (Å²) in [5, 5.41) is 30.0. The molecule has 1 amide bonds. The number of ether oxygens (including phenoxy) is 1. The van der Waals surface area contributed by atoms with Crippen molar-refractivity contribution in [3.05, 3.63) is 35.9 Å². The second-order valence-corrected chi connectivity index (χ2v) is 4.88. The van der Waals surface area contributed by atoms with Crippen LogP contribution in [0.1, 0.15) is 11.6 Å². The molecule has 6 nitrogen and oxygen atoms in total. The van der Waals surface area contributed by atoms with E-state index < -0.39 is 36.5 Å². The molecule has 0 aromatic heterocycles. The Hall–Kier alpha value is -1.63. The lowest BCUT2D eigenvalue weighted by Crippen LogP contribution is -2.61. The molecule has 2 heterocycles. The molecule has 1 aromatic rings. The zero-order valence-corrected chi connectivity index (χ0v) is 10.1. The predicted octanol–water partition coefficient (Wildman–Crippen LogP) is -0.355. The van der Waals surface area contributed by atoms with Crippen LogP contribution in [0.3, 0.4) is 0 Å². The topological polar surface area (TPSA) is 90.2 Å². The molecule has 2 saturated heterocycles. The zero-order chi connectivity index (χ0) is 13.6. The van der Waals surface area contributed by atoms with Gasteiger partial charge in [0.1, 0.15) is 24.9 Å². The minimum atomic E-state index is -1.30. The Bertz CT molecular complexity index is 479. The van der Waals surface area contributed by atoms with Gasteiger partial charge >= 0.3 is 6.09 Å². The monoisotopic (exact) mass is 265 g/mol. The summed E-state index contributed by atoms with van der Waals surface area (Å²) < 4.78 is 4.92. The molecule has 0 unspecified atom stereocenters. The fourth-order valence-corrected chi connectivity index (χ4v) is 2.82. The van der Waals surface area contributed by atoms with E-state index in [4.69, 9.17) is 4.74 Å². The number of aliphatic hydroxyl groups is 3. The van der Waals surface area contributed by atoms with Crippen molar-refractivity contribution in [2.24, 2.45) is 0 Å². The highest BCUT2D eigenvalue weighted by Gasteiger charge is 2.53. The molecule has 6 heteroatoms. The van der Waals surface area contributed by atoms with E-state index in [9.17, 15) is 20.1 Å². The van der Waals surface area contributed by atoms with Crippen LogP contribution in [-0.4, -0.2) is 57.3 Å². The standard InChI is InChI=1S/C13H15NO5/c15-10-8-6-19-13(18)14(8)9(11(16)12(10)17)7-4-2-1-3-5-7/h1-5,8-12,15-17H,6H2/t8-,9+,10-,11+,12+/m1/s1. The number of fused-ring (bicyclic) bond motifs is 1. The quantitative estimate of drug-likeness (QED) is 0.645. The molecule has 0 saturated carbocycles. The number of rotatable bonds is 1. The van der Waals surface area contributed by atoms with Gasteiger partial charge in [0.2, 0.25) is 0 Å². The summed E-state index contributed by atoms with van der Waals surface area (Å²) in [6.45, 7) is 0.0209. The molecule has 0 spiro atoms. The highest BCUT2D eigenvalue weighted by Crippen LogP contribution is 2.38. The average Bonchev–Trinajstić information content (AvgIpc) is 2.80. The minimum absolute atomic E-state index is 0.0209. The lowest BCUT2D eigenvalue weighted by molar-refractivity contribution is -0.143. The molecular formula is C13H15NO5. The predicted molar refractivity (Wildman–Crippen MR) is 64.2 cm³/mol. The number of hydrogen-bond acceptors (Lipinski definition) is 5. The van der Waals surface area contributed by atoms with E-state index >= 15 is 0 Å². The van der Waals surface area contributed by atoms with Crippen LogP contribution >= 0.6 is 0 Å². The van der Waals surface area contributed by atoms with E-state index in [1.54, 1.807) is 24.3 Å². The van der Waals surface area contributed by atoms with Gasteiger partial charge in [0.15, 0.2) is 0 Å². The number of cyclic esters (lactones) is 1. The number of aliphatic hydroxyl groups excluding tert-OH is 3. The van der Waals surface area contributed by atoms with Crippen LogP contribution in [0.5, 0.6) is 0 Å². The van der Waals surface area contributed by atoms with Crippen LogP contribution in [0, 0.1) is 0 Å². The van der Waals surface area contributed by atoms with Crippen LogP contribution in [-0.2, 0) is 4.74 Å². The second kappa shape index (κ2) is 4.48. The lowest BCUT2D eigenvalue weighted by Gasteiger charge is -2.44. The Balaban J connectivity index is 2.03. The van der Waals surface area contributed by atoms with Crippen LogP contribution in [0.25, 0.3) is 0 Å². The van der Waals surface area contributed by atoms with Crippen molar-refractivity contribution in [1.82, 2.24) is 4.90 Å². The van der Waals surface area contributed by atoms with Gasteiger partial charge in [0, 0.05) is 0 Å². The van der Waals surface area contributed by atoms with E-state index in [1.807, 2.05) is 6.07 Å². The maximum Gasteiger partial charge on any atom is 0.410 e. The van der Waals surface area contributed by atoms with E-state index in [1.165, 1.54) is 4.90 Å². The molecular weight excluding hydrogens is 250 g/mol. The molecule has 102 valence electrons.